The third-order valence-electron chi connectivity index (χ3n) is 4.02. The van der Waals surface area contributed by atoms with Crippen LogP contribution in [0.5, 0.6) is 5.75 Å². The second kappa shape index (κ2) is 9.60. The Morgan fingerprint density at radius 1 is 1.22 bits per heavy atom. The fourth-order valence-electron chi connectivity index (χ4n) is 2.50. The molecule has 9 nitrogen and oxygen atoms in total. The number of benzene rings is 2. The van der Waals surface area contributed by atoms with Crippen molar-refractivity contribution in [2.75, 3.05) is 24.6 Å². The van der Waals surface area contributed by atoms with E-state index in [9.17, 15) is 20.3 Å². The monoisotopic (exact) mass is 373 g/mol. The Hall–Kier alpha value is -3.04. The Kier molecular flexibility index (Phi) is 7.21. The molecule has 2 rings (SSSR count). The van der Waals surface area contributed by atoms with Crippen molar-refractivity contribution < 1.29 is 15.1 Å². The smallest absolute Gasteiger partial charge is 0.273 e. The Bertz CT molecular complexity index is 795. The number of nitro benzene ring substituents is 1. The van der Waals surface area contributed by atoms with Crippen LogP contribution in [-0.2, 0) is 0 Å². The highest BCUT2D eigenvalue weighted by Crippen LogP contribution is 2.32. The molecule has 0 heterocycles. The maximum atomic E-state index is 10.7. The fraction of sp³-hybridized carbons (Fsp3) is 0.333. The van der Waals surface area contributed by atoms with Crippen LogP contribution in [0.3, 0.4) is 0 Å². The van der Waals surface area contributed by atoms with E-state index in [1.807, 2.05) is 19.1 Å². The first-order valence-corrected chi connectivity index (χ1v) is 8.53. The van der Waals surface area contributed by atoms with Crippen LogP contribution in [0, 0.1) is 10.1 Å². The molecule has 0 aromatic heterocycles. The number of aromatic hydroxyl groups is 1. The number of nitro groups is 1. The summed E-state index contributed by atoms with van der Waals surface area (Å²) in [5, 5.41) is 37.9. The molecule has 0 aliphatic carbocycles. The van der Waals surface area contributed by atoms with Gasteiger partial charge in [0, 0.05) is 24.3 Å². The molecule has 0 radical (unpaired) electrons. The van der Waals surface area contributed by atoms with E-state index in [2.05, 4.69) is 15.1 Å². The zero-order chi connectivity index (χ0) is 19.8. The van der Waals surface area contributed by atoms with Crippen molar-refractivity contribution >= 4 is 22.7 Å². The molecule has 0 saturated heterocycles. The number of azo groups is 1. The lowest BCUT2D eigenvalue weighted by molar-refractivity contribution is -0.384. The van der Waals surface area contributed by atoms with Gasteiger partial charge in [-0.2, -0.15) is 5.11 Å². The number of hydrogen-bond donors (Lipinski definition) is 3. The fourth-order valence-corrected chi connectivity index (χ4v) is 2.50. The standard InChI is InChI=1S/C18H23N5O4/c1-13(12-24)22(10-2-9-19)15-5-3-14(4-6-15)20-21-17-8-7-16(23(26)27)11-18(17)25/h3-8,11,13,24-25H,2,9-10,12,19H2,1H3. The topological polar surface area (TPSA) is 138 Å². The summed E-state index contributed by atoms with van der Waals surface area (Å²) in [7, 11) is 0. The molecular weight excluding hydrogens is 350 g/mol. The van der Waals surface area contributed by atoms with Crippen LogP contribution in [0.2, 0.25) is 0 Å². The SMILES string of the molecule is CC(CO)N(CCCN)c1ccc(N=Nc2ccc([N+](=O)[O-])cc2O)cc1. The van der Waals surface area contributed by atoms with Gasteiger partial charge in [-0.05, 0) is 50.2 Å². The molecule has 144 valence electrons. The largest absolute Gasteiger partial charge is 0.505 e. The second-order valence-corrected chi connectivity index (χ2v) is 6.01. The number of anilines is 1. The van der Waals surface area contributed by atoms with Gasteiger partial charge in [0.25, 0.3) is 5.69 Å². The minimum absolute atomic E-state index is 0.0332. The number of phenolic OH excluding ortho intramolecular Hbond substituents is 1. The summed E-state index contributed by atoms with van der Waals surface area (Å²) in [6.07, 6.45) is 0.811. The molecule has 27 heavy (non-hydrogen) atoms. The van der Waals surface area contributed by atoms with E-state index < -0.39 is 4.92 Å². The molecule has 0 spiro atoms. The molecule has 1 unspecified atom stereocenters. The quantitative estimate of drug-likeness (QED) is 0.350. The number of phenols is 1. The minimum Gasteiger partial charge on any atom is -0.505 e. The van der Waals surface area contributed by atoms with E-state index in [0.717, 1.165) is 24.7 Å². The first kappa shape index (κ1) is 20.3. The minimum atomic E-state index is -0.594. The van der Waals surface area contributed by atoms with Gasteiger partial charge >= 0.3 is 0 Å². The van der Waals surface area contributed by atoms with E-state index in [0.29, 0.717) is 12.2 Å². The summed E-state index contributed by atoms with van der Waals surface area (Å²) in [6.45, 7) is 3.27. The number of non-ortho nitro benzene ring substituents is 1. The predicted molar refractivity (Wildman–Crippen MR) is 103 cm³/mol. The number of nitrogens with zero attached hydrogens (tertiary/aromatic N) is 4. The van der Waals surface area contributed by atoms with Gasteiger partial charge in [-0.15, -0.1) is 5.11 Å². The zero-order valence-electron chi connectivity index (χ0n) is 15.0. The number of aliphatic hydroxyl groups is 1. The van der Waals surface area contributed by atoms with Crippen molar-refractivity contribution in [3.05, 3.63) is 52.6 Å². The van der Waals surface area contributed by atoms with Gasteiger partial charge in [-0.25, -0.2) is 0 Å². The first-order valence-electron chi connectivity index (χ1n) is 8.53. The highest BCUT2D eigenvalue weighted by Gasteiger charge is 2.13. The van der Waals surface area contributed by atoms with Crippen molar-refractivity contribution in [1.82, 2.24) is 0 Å². The number of nitrogens with two attached hydrogens (primary N) is 1. The van der Waals surface area contributed by atoms with E-state index in [-0.39, 0.29) is 29.8 Å². The molecule has 0 aliphatic heterocycles. The Balaban J connectivity index is 2.14. The normalized spacial score (nSPS) is 12.3. The van der Waals surface area contributed by atoms with Crippen LogP contribution in [-0.4, -0.2) is 40.9 Å². The first-order chi connectivity index (χ1) is 13.0. The van der Waals surface area contributed by atoms with E-state index >= 15 is 0 Å². The number of rotatable bonds is 9. The molecule has 4 N–H and O–H groups in total. The molecule has 1 atom stereocenters. The molecular formula is C18H23N5O4. The van der Waals surface area contributed by atoms with Crippen LogP contribution in [0.1, 0.15) is 13.3 Å². The summed E-state index contributed by atoms with van der Waals surface area (Å²) in [4.78, 5) is 12.2. The lowest BCUT2D eigenvalue weighted by Crippen LogP contribution is -2.37. The van der Waals surface area contributed by atoms with Crippen molar-refractivity contribution in [2.24, 2.45) is 16.0 Å². The summed E-state index contributed by atoms with van der Waals surface area (Å²) in [6, 6.07) is 10.8. The Morgan fingerprint density at radius 2 is 1.93 bits per heavy atom. The molecule has 0 saturated carbocycles. The van der Waals surface area contributed by atoms with Gasteiger partial charge in [0.05, 0.1) is 23.3 Å². The highest BCUT2D eigenvalue weighted by atomic mass is 16.6. The van der Waals surface area contributed by atoms with Crippen molar-refractivity contribution in [3.8, 4) is 5.75 Å². The lowest BCUT2D eigenvalue weighted by Gasteiger charge is -2.30. The Morgan fingerprint density at radius 3 is 2.48 bits per heavy atom. The van der Waals surface area contributed by atoms with Gasteiger partial charge in [-0.3, -0.25) is 10.1 Å². The Labute approximate surface area is 156 Å². The molecule has 0 bridgehead atoms. The second-order valence-electron chi connectivity index (χ2n) is 6.01. The molecule has 2 aromatic carbocycles. The highest BCUT2D eigenvalue weighted by molar-refractivity contribution is 5.57. The van der Waals surface area contributed by atoms with Gasteiger partial charge < -0.3 is 20.8 Å². The maximum absolute atomic E-state index is 10.7. The zero-order valence-corrected chi connectivity index (χ0v) is 15.0. The summed E-state index contributed by atoms with van der Waals surface area (Å²) < 4.78 is 0. The van der Waals surface area contributed by atoms with Crippen LogP contribution in [0.4, 0.5) is 22.7 Å². The maximum Gasteiger partial charge on any atom is 0.273 e. The third kappa shape index (κ3) is 5.47. The van der Waals surface area contributed by atoms with Crippen LogP contribution in [0.25, 0.3) is 0 Å². The number of hydrogen-bond acceptors (Lipinski definition) is 8. The predicted octanol–water partition coefficient (Wildman–Crippen LogP) is 3.25. The molecule has 0 fully saturated rings. The van der Waals surface area contributed by atoms with Gasteiger partial charge in [0.2, 0.25) is 0 Å². The number of aliphatic hydroxyl groups excluding tert-OH is 1. The van der Waals surface area contributed by atoms with Crippen LogP contribution < -0.4 is 10.6 Å². The van der Waals surface area contributed by atoms with Crippen LogP contribution >= 0.6 is 0 Å². The van der Waals surface area contributed by atoms with Crippen molar-refractivity contribution in [2.45, 2.75) is 19.4 Å². The molecule has 9 heteroatoms. The van der Waals surface area contributed by atoms with Crippen LogP contribution in [0.15, 0.2) is 52.7 Å². The van der Waals surface area contributed by atoms with Crippen molar-refractivity contribution in [3.63, 3.8) is 0 Å². The molecule has 0 aliphatic rings. The summed E-state index contributed by atoms with van der Waals surface area (Å²) >= 11 is 0. The average molecular weight is 373 g/mol. The average Bonchev–Trinajstić information content (AvgIpc) is 2.67. The van der Waals surface area contributed by atoms with E-state index in [4.69, 9.17) is 5.73 Å². The third-order valence-corrected chi connectivity index (χ3v) is 4.02. The molecule has 0 amide bonds. The summed E-state index contributed by atoms with van der Waals surface area (Å²) in [5.41, 5.74) is 7.00. The van der Waals surface area contributed by atoms with E-state index in [1.54, 1.807) is 12.1 Å². The summed E-state index contributed by atoms with van der Waals surface area (Å²) in [5.74, 6) is -0.311. The lowest BCUT2D eigenvalue weighted by atomic mass is 10.2. The van der Waals surface area contributed by atoms with Gasteiger partial charge in [0.15, 0.2) is 0 Å². The molecule has 2 aromatic rings. The van der Waals surface area contributed by atoms with Gasteiger partial charge in [-0.1, -0.05) is 0 Å². The van der Waals surface area contributed by atoms with Gasteiger partial charge in [0.1, 0.15) is 11.4 Å². The van der Waals surface area contributed by atoms with Crippen molar-refractivity contribution in [1.29, 1.82) is 0 Å². The van der Waals surface area contributed by atoms with E-state index in [1.165, 1.54) is 12.1 Å².